The van der Waals surface area contributed by atoms with Gasteiger partial charge in [-0.05, 0) is 49.9 Å². The molecule has 0 radical (unpaired) electrons. The largest absolute Gasteiger partial charge is 0.467 e. The Morgan fingerprint density at radius 3 is 2.75 bits per heavy atom. The molecule has 1 aromatic carbocycles. The maximum absolute atomic E-state index is 13.2. The zero-order valence-corrected chi connectivity index (χ0v) is 18.5. The fourth-order valence-corrected chi connectivity index (χ4v) is 4.55. The summed E-state index contributed by atoms with van der Waals surface area (Å²) in [6.45, 7) is 0.957. The van der Waals surface area contributed by atoms with Crippen LogP contribution in [0.25, 0.3) is 11.0 Å². The fraction of sp³-hybridized carbons (Fsp3) is 0.458. The summed E-state index contributed by atoms with van der Waals surface area (Å²) in [6, 6.07) is 7.21. The number of carbonyl (C=O) groups is 2. The third kappa shape index (κ3) is 3.79. The van der Waals surface area contributed by atoms with Crippen molar-refractivity contribution in [3.05, 3.63) is 47.7 Å². The van der Waals surface area contributed by atoms with E-state index in [1.807, 2.05) is 19.2 Å². The molecule has 3 heterocycles. The number of nitrogens with zero attached hydrogens (tertiary/aromatic N) is 3. The molecule has 32 heavy (non-hydrogen) atoms. The number of anilines is 1. The smallest absolute Gasteiger partial charge is 0.254 e. The number of fused-ring (bicyclic) bond motifs is 1. The van der Waals surface area contributed by atoms with Crippen molar-refractivity contribution in [3.63, 3.8) is 0 Å². The molecule has 1 atom stereocenters. The minimum Gasteiger partial charge on any atom is -0.467 e. The highest BCUT2D eigenvalue weighted by Crippen LogP contribution is 2.38. The van der Waals surface area contributed by atoms with E-state index in [4.69, 9.17) is 14.1 Å². The standard InChI is InChI=1S/C24H28N4O4/c1-27(14-17-8-4-10-31-17)24(30)16-12-18-21(28(2)22(25-18)15-6-3-7-15)19(13-16)26-23(29)20-9-5-11-32-20/h4,8,10,12-13,15,20H,3,5-7,9,11,14H2,1-2H3,(H,26,29)/t20-/m0/s1. The summed E-state index contributed by atoms with van der Waals surface area (Å²) in [5.74, 6) is 1.80. The number of carbonyl (C=O) groups excluding carboxylic acids is 2. The molecule has 2 fully saturated rings. The van der Waals surface area contributed by atoms with Crippen LogP contribution in [-0.4, -0.2) is 46.0 Å². The first-order valence-corrected chi connectivity index (χ1v) is 11.2. The molecule has 2 aliphatic rings. The van der Waals surface area contributed by atoms with Gasteiger partial charge < -0.3 is 23.9 Å². The molecule has 1 N–H and O–H groups in total. The molecule has 2 amide bonds. The van der Waals surface area contributed by atoms with Gasteiger partial charge in [-0.2, -0.15) is 0 Å². The van der Waals surface area contributed by atoms with E-state index in [2.05, 4.69) is 9.88 Å². The summed E-state index contributed by atoms with van der Waals surface area (Å²) in [6.07, 6.45) is 6.16. The van der Waals surface area contributed by atoms with E-state index < -0.39 is 6.10 Å². The molecule has 0 unspecified atom stereocenters. The minimum atomic E-state index is -0.453. The molecule has 0 bridgehead atoms. The van der Waals surface area contributed by atoms with Crippen molar-refractivity contribution in [2.24, 2.45) is 7.05 Å². The molecular formula is C24H28N4O4. The quantitative estimate of drug-likeness (QED) is 0.634. The second-order valence-electron chi connectivity index (χ2n) is 8.78. The van der Waals surface area contributed by atoms with Crippen LogP contribution in [0, 0.1) is 0 Å². The van der Waals surface area contributed by atoms with Gasteiger partial charge in [-0.25, -0.2) is 4.98 Å². The summed E-state index contributed by atoms with van der Waals surface area (Å²) in [7, 11) is 3.72. The first kappa shape index (κ1) is 20.8. The number of benzene rings is 1. The Hall–Kier alpha value is -3.13. The number of amides is 2. The number of aromatic nitrogens is 2. The average molecular weight is 437 g/mol. The second-order valence-corrected chi connectivity index (χ2v) is 8.78. The monoisotopic (exact) mass is 436 g/mol. The topological polar surface area (TPSA) is 89.6 Å². The van der Waals surface area contributed by atoms with E-state index in [1.165, 1.54) is 6.42 Å². The van der Waals surface area contributed by atoms with Gasteiger partial charge >= 0.3 is 0 Å². The molecule has 168 valence electrons. The molecule has 0 spiro atoms. The predicted octanol–water partition coefficient (Wildman–Crippen LogP) is 3.82. The molecule has 5 rings (SSSR count). The van der Waals surface area contributed by atoms with Gasteiger partial charge in [0.05, 0.1) is 29.5 Å². The van der Waals surface area contributed by atoms with E-state index in [1.54, 1.807) is 30.3 Å². The van der Waals surface area contributed by atoms with Crippen molar-refractivity contribution < 1.29 is 18.7 Å². The molecule has 1 saturated heterocycles. The summed E-state index contributed by atoms with van der Waals surface area (Å²) >= 11 is 0. The van der Waals surface area contributed by atoms with E-state index in [0.29, 0.717) is 48.0 Å². The van der Waals surface area contributed by atoms with Crippen molar-refractivity contribution in [2.75, 3.05) is 19.0 Å². The van der Waals surface area contributed by atoms with Crippen LogP contribution in [0.3, 0.4) is 0 Å². The molecule has 8 heteroatoms. The van der Waals surface area contributed by atoms with E-state index >= 15 is 0 Å². The lowest BCUT2D eigenvalue weighted by atomic mass is 9.85. The maximum atomic E-state index is 13.2. The van der Waals surface area contributed by atoms with Crippen LogP contribution in [0.1, 0.15) is 60.0 Å². The summed E-state index contributed by atoms with van der Waals surface area (Å²) < 4.78 is 13.0. The van der Waals surface area contributed by atoms with E-state index in [0.717, 1.165) is 30.6 Å². The molecule has 1 aliphatic heterocycles. The Labute approximate surface area is 186 Å². The summed E-state index contributed by atoms with van der Waals surface area (Å²) in [4.78, 5) is 32.5. The van der Waals surface area contributed by atoms with Crippen LogP contribution in [0.4, 0.5) is 5.69 Å². The lowest BCUT2D eigenvalue weighted by molar-refractivity contribution is -0.124. The van der Waals surface area contributed by atoms with Crippen molar-refractivity contribution in [1.29, 1.82) is 0 Å². The Morgan fingerprint density at radius 2 is 2.09 bits per heavy atom. The predicted molar refractivity (Wildman–Crippen MR) is 119 cm³/mol. The highest BCUT2D eigenvalue weighted by atomic mass is 16.5. The number of ether oxygens (including phenoxy) is 1. The highest BCUT2D eigenvalue weighted by molar-refractivity contribution is 6.06. The lowest BCUT2D eigenvalue weighted by Crippen LogP contribution is -2.28. The summed E-state index contributed by atoms with van der Waals surface area (Å²) in [5.41, 5.74) is 2.63. The van der Waals surface area contributed by atoms with Crippen LogP contribution in [0.5, 0.6) is 0 Å². The molecule has 1 aliphatic carbocycles. The number of aryl methyl sites for hydroxylation is 1. The minimum absolute atomic E-state index is 0.160. The van der Waals surface area contributed by atoms with Crippen LogP contribution >= 0.6 is 0 Å². The number of imidazole rings is 1. The Bertz CT molecular complexity index is 1140. The van der Waals surface area contributed by atoms with Crippen LogP contribution in [0.15, 0.2) is 34.9 Å². The molecular weight excluding hydrogens is 408 g/mol. The van der Waals surface area contributed by atoms with Crippen LogP contribution in [0.2, 0.25) is 0 Å². The number of hydrogen-bond donors (Lipinski definition) is 1. The Balaban J connectivity index is 1.51. The molecule has 3 aromatic rings. The van der Waals surface area contributed by atoms with Crippen molar-refractivity contribution in [2.45, 2.75) is 50.7 Å². The van der Waals surface area contributed by atoms with Gasteiger partial charge in [0, 0.05) is 32.2 Å². The third-order valence-corrected chi connectivity index (χ3v) is 6.52. The first-order chi connectivity index (χ1) is 15.5. The maximum Gasteiger partial charge on any atom is 0.254 e. The second kappa shape index (κ2) is 8.43. The van der Waals surface area contributed by atoms with Crippen molar-refractivity contribution >= 4 is 28.5 Å². The van der Waals surface area contributed by atoms with Gasteiger partial charge in [0.25, 0.3) is 11.8 Å². The molecule has 2 aromatic heterocycles. The number of rotatable bonds is 6. The van der Waals surface area contributed by atoms with E-state index in [9.17, 15) is 9.59 Å². The zero-order valence-electron chi connectivity index (χ0n) is 18.5. The van der Waals surface area contributed by atoms with Gasteiger partial charge in [0.1, 0.15) is 17.7 Å². The number of hydrogen-bond acceptors (Lipinski definition) is 5. The number of nitrogens with one attached hydrogen (secondary N) is 1. The Kier molecular flexibility index (Phi) is 5.46. The van der Waals surface area contributed by atoms with Crippen LogP contribution in [-0.2, 0) is 23.1 Å². The van der Waals surface area contributed by atoms with E-state index in [-0.39, 0.29) is 11.8 Å². The van der Waals surface area contributed by atoms with Gasteiger partial charge in [-0.15, -0.1) is 0 Å². The van der Waals surface area contributed by atoms with Gasteiger partial charge in [-0.1, -0.05) is 6.42 Å². The average Bonchev–Trinajstić information content (AvgIpc) is 3.49. The molecule has 1 saturated carbocycles. The van der Waals surface area contributed by atoms with Crippen molar-refractivity contribution in [1.82, 2.24) is 14.5 Å². The normalized spacial score (nSPS) is 18.6. The van der Waals surface area contributed by atoms with Crippen molar-refractivity contribution in [3.8, 4) is 0 Å². The van der Waals surface area contributed by atoms with Gasteiger partial charge in [-0.3, -0.25) is 9.59 Å². The fourth-order valence-electron chi connectivity index (χ4n) is 4.55. The lowest BCUT2D eigenvalue weighted by Gasteiger charge is -2.24. The number of furan rings is 1. The zero-order chi connectivity index (χ0) is 22.2. The first-order valence-electron chi connectivity index (χ1n) is 11.2. The van der Waals surface area contributed by atoms with Crippen LogP contribution < -0.4 is 5.32 Å². The molecule has 8 nitrogen and oxygen atoms in total. The Morgan fingerprint density at radius 1 is 1.25 bits per heavy atom. The third-order valence-electron chi connectivity index (χ3n) is 6.52. The highest BCUT2D eigenvalue weighted by Gasteiger charge is 2.29. The SMILES string of the molecule is CN(Cc1ccco1)C(=O)c1cc(NC(=O)[C@@H]2CCCO2)c2c(c1)nc(C1CCC1)n2C. The summed E-state index contributed by atoms with van der Waals surface area (Å²) in [5, 5.41) is 3.02. The van der Waals surface area contributed by atoms with Gasteiger partial charge in [0.2, 0.25) is 0 Å². The van der Waals surface area contributed by atoms with Gasteiger partial charge in [0.15, 0.2) is 0 Å².